The van der Waals surface area contributed by atoms with Crippen LogP contribution in [0.5, 0.6) is 0 Å². The molecule has 1 heterocycles. The predicted octanol–water partition coefficient (Wildman–Crippen LogP) is 1.68. The van der Waals surface area contributed by atoms with E-state index >= 15 is 0 Å². The van der Waals surface area contributed by atoms with Gasteiger partial charge in [0.2, 0.25) is 0 Å². The molecule has 10 heteroatoms. The zero-order valence-electron chi connectivity index (χ0n) is 13.2. The SMILES string of the molecule is COC1(OC)N=C(N)[C@@]2(C#N)[C@@H](c3cc([N+](=O)[O-])ccc3Cl)[C@]12C#N. The van der Waals surface area contributed by atoms with Gasteiger partial charge in [-0.25, -0.2) is 4.99 Å². The summed E-state index contributed by atoms with van der Waals surface area (Å²) in [6.45, 7) is 0. The summed E-state index contributed by atoms with van der Waals surface area (Å²) in [5.41, 5.74) is 2.83. The number of methoxy groups -OCH3 is 2. The maximum Gasteiger partial charge on any atom is 0.292 e. The Morgan fingerprint density at radius 1 is 1.36 bits per heavy atom. The molecule has 0 aromatic heterocycles. The van der Waals surface area contributed by atoms with Crippen molar-refractivity contribution >= 4 is 23.1 Å². The summed E-state index contributed by atoms with van der Waals surface area (Å²) in [6.07, 6.45) is 0. The van der Waals surface area contributed by atoms with Crippen molar-refractivity contribution in [2.45, 2.75) is 11.8 Å². The number of fused-ring (bicyclic) bond motifs is 1. The van der Waals surface area contributed by atoms with E-state index in [4.69, 9.17) is 26.8 Å². The van der Waals surface area contributed by atoms with E-state index in [0.29, 0.717) is 0 Å². The van der Waals surface area contributed by atoms with Crippen LogP contribution in [-0.2, 0) is 9.47 Å². The van der Waals surface area contributed by atoms with Gasteiger partial charge in [0.15, 0.2) is 5.41 Å². The Kier molecular flexibility index (Phi) is 3.52. The standard InChI is InChI=1S/C15H12ClN5O4/c1-24-15(25-2)14(7-18)11(13(14,6-17)12(19)20-15)9-5-8(21(22)23)3-4-10(9)16/h3-5,11H,1-2H3,(H2,19,20)/t11-,13-,14+/m1/s1. The van der Waals surface area contributed by atoms with Gasteiger partial charge in [-0.1, -0.05) is 11.6 Å². The van der Waals surface area contributed by atoms with Gasteiger partial charge >= 0.3 is 0 Å². The minimum Gasteiger partial charge on any atom is -0.386 e. The summed E-state index contributed by atoms with van der Waals surface area (Å²) in [5.74, 6) is -2.83. The molecule has 3 rings (SSSR count). The van der Waals surface area contributed by atoms with Crippen molar-refractivity contribution in [3.8, 4) is 12.1 Å². The average Bonchev–Trinajstić information content (AvgIpc) is 3.17. The van der Waals surface area contributed by atoms with Crippen molar-refractivity contribution < 1.29 is 14.4 Å². The number of benzene rings is 1. The molecule has 1 saturated carbocycles. The van der Waals surface area contributed by atoms with Crippen molar-refractivity contribution in [2.24, 2.45) is 21.6 Å². The highest BCUT2D eigenvalue weighted by atomic mass is 35.5. The van der Waals surface area contributed by atoms with E-state index in [9.17, 15) is 20.6 Å². The molecule has 0 spiro atoms. The van der Waals surface area contributed by atoms with Gasteiger partial charge in [0, 0.05) is 37.3 Å². The van der Waals surface area contributed by atoms with Crippen LogP contribution in [0.15, 0.2) is 23.2 Å². The van der Waals surface area contributed by atoms with E-state index in [1.54, 1.807) is 0 Å². The summed E-state index contributed by atoms with van der Waals surface area (Å²) in [6, 6.07) is 7.90. The Hall–Kier alpha value is -2.72. The number of ether oxygens (including phenoxy) is 2. The van der Waals surface area contributed by atoms with Gasteiger partial charge in [-0.15, -0.1) is 0 Å². The fourth-order valence-corrected chi connectivity index (χ4v) is 4.08. The summed E-state index contributed by atoms with van der Waals surface area (Å²) in [5, 5.41) is 31.0. The highest BCUT2D eigenvalue weighted by molar-refractivity contribution is 6.31. The number of rotatable bonds is 4. The topological polar surface area (TPSA) is 148 Å². The van der Waals surface area contributed by atoms with Crippen LogP contribution in [0, 0.1) is 43.6 Å². The van der Waals surface area contributed by atoms with Gasteiger partial charge in [0.1, 0.15) is 11.3 Å². The highest BCUT2D eigenvalue weighted by Crippen LogP contribution is 2.82. The highest BCUT2D eigenvalue weighted by Gasteiger charge is 2.93. The van der Waals surface area contributed by atoms with Crippen LogP contribution < -0.4 is 5.73 Å². The molecular formula is C15H12ClN5O4. The number of nitrogens with zero attached hydrogens (tertiary/aromatic N) is 4. The van der Waals surface area contributed by atoms with Gasteiger partial charge in [0.05, 0.1) is 17.1 Å². The Bertz CT molecular complexity index is 900. The molecule has 0 saturated heterocycles. The molecule has 1 aromatic carbocycles. The predicted molar refractivity (Wildman–Crippen MR) is 85.3 cm³/mol. The molecule has 1 aromatic rings. The van der Waals surface area contributed by atoms with E-state index in [2.05, 4.69) is 11.1 Å². The normalized spacial score (nSPS) is 31.4. The van der Waals surface area contributed by atoms with Crippen molar-refractivity contribution in [3.05, 3.63) is 38.9 Å². The number of aliphatic imine (C=N–C) groups is 1. The smallest absolute Gasteiger partial charge is 0.292 e. The van der Waals surface area contributed by atoms with E-state index in [1.807, 2.05) is 6.07 Å². The molecule has 0 radical (unpaired) electrons. The molecule has 1 fully saturated rings. The molecule has 0 bridgehead atoms. The zero-order chi connectivity index (χ0) is 18.6. The third-order valence-electron chi connectivity index (χ3n) is 4.98. The van der Waals surface area contributed by atoms with E-state index in [-0.39, 0.29) is 22.1 Å². The Morgan fingerprint density at radius 3 is 2.48 bits per heavy atom. The van der Waals surface area contributed by atoms with Gasteiger partial charge < -0.3 is 15.2 Å². The van der Waals surface area contributed by atoms with Gasteiger partial charge in [-0.2, -0.15) is 10.5 Å². The van der Waals surface area contributed by atoms with E-state index in [0.717, 1.165) is 0 Å². The van der Waals surface area contributed by atoms with Crippen LogP contribution in [0.4, 0.5) is 5.69 Å². The van der Waals surface area contributed by atoms with E-state index < -0.39 is 27.6 Å². The summed E-state index contributed by atoms with van der Waals surface area (Å²) in [4.78, 5) is 14.6. The second-order valence-corrected chi connectivity index (χ2v) is 6.13. The Labute approximate surface area is 147 Å². The molecule has 3 atom stereocenters. The minimum atomic E-state index is -1.81. The van der Waals surface area contributed by atoms with Crippen LogP contribution in [-0.4, -0.2) is 30.9 Å². The third kappa shape index (κ3) is 1.65. The maximum atomic E-state index is 11.1. The number of amidine groups is 1. The molecule has 2 aliphatic rings. The largest absolute Gasteiger partial charge is 0.386 e. The first-order valence-corrected chi connectivity index (χ1v) is 7.42. The number of hydrogen-bond acceptors (Lipinski definition) is 8. The van der Waals surface area contributed by atoms with Crippen LogP contribution in [0.25, 0.3) is 0 Å². The van der Waals surface area contributed by atoms with Crippen LogP contribution in [0.3, 0.4) is 0 Å². The number of nitro benzene ring substituents is 1. The van der Waals surface area contributed by atoms with Crippen molar-refractivity contribution in [3.63, 3.8) is 0 Å². The lowest BCUT2D eigenvalue weighted by Gasteiger charge is -2.29. The van der Waals surface area contributed by atoms with Gasteiger partial charge in [-0.3, -0.25) is 10.1 Å². The van der Waals surface area contributed by atoms with Crippen molar-refractivity contribution in [1.82, 2.24) is 0 Å². The molecule has 0 unspecified atom stereocenters. The lowest BCUT2D eigenvalue weighted by molar-refractivity contribution is -0.384. The van der Waals surface area contributed by atoms with Crippen molar-refractivity contribution in [1.29, 1.82) is 10.5 Å². The van der Waals surface area contributed by atoms with Crippen molar-refractivity contribution in [2.75, 3.05) is 14.2 Å². The molecule has 1 aliphatic heterocycles. The molecule has 9 nitrogen and oxygen atoms in total. The molecule has 2 N–H and O–H groups in total. The molecule has 128 valence electrons. The monoisotopic (exact) mass is 361 g/mol. The quantitative estimate of drug-likeness (QED) is 0.487. The second-order valence-electron chi connectivity index (χ2n) is 5.72. The number of non-ortho nitro benzene ring substituents is 1. The number of nitriles is 2. The molecular weight excluding hydrogens is 350 g/mol. The lowest BCUT2D eigenvalue weighted by Crippen LogP contribution is -2.41. The minimum absolute atomic E-state index is 0.132. The fraction of sp³-hybridized carbons (Fsp3) is 0.400. The summed E-state index contributed by atoms with van der Waals surface area (Å²) >= 11 is 6.21. The average molecular weight is 362 g/mol. The molecule has 25 heavy (non-hydrogen) atoms. The first kappa shape index (κ1) is 17.1. The maximum absolute atomic E-state index is 11.1. The zero-order valence-corrected chi connectivity index (χ0v) is 13.9. The van der Waals surface area contributed by atoms with Gasteiger partial charge in [0.25, 0.3) is 11.6 Å². The summed E-state index contributed by atoms with van der Waals surface area (Å²) in [7, 11) is 2.55. The van der Waals surface area contributed by atoms with Crippen LogP contribution in [0.2, 0.25) is 5.02 Å². The summed E-state index contributed by atoms with van der Waals surface area (Å²) < 4.78 is 10.6. The fourth-order valence-electron chi connectivity index (χ4n) is 3.85. The number of hydrogen-bond donors (Lipinski definition) is 1. The first-order valence-electron chi connectivity index (χ1n) is 7.04. The number of halogens is 1. The molecule has 1 aliphatic carbocycles. The number of nitrogens with two attached hydrogens (primary N) is 1. The van der Waals surface area contributed by atoms with Gasteiger partial charge in [-0.05, 0) is 11.6 Å². The van der Waals surface area contributed by atoms with E-state index in [1.165, 1.54) is 32.4 Å². The first-order chi connectivity index (χ1) is 11.8. The molecule has 0 amide bonds. The number of nitro groups is 1. The second kappa shape index (κ2) is 5.14. The van der Waals surface area contributed by atoms with Crippen LogP contribution in [0.1, 0.15) is 11.5 Å². The Morgan fingerprint density at radius 2 is 2.00 bits per heavy atom. The Balaban J connectivity index is 2.29. The van der Waals surface area contributed by atoms with Crippen LogP contribution >= 0.6 is 11.6 Å². The lowest BCUT2D eigenvalue weighted by atomic mass is 9.93. The third-order valence-corrected chi connectivity index (χ3v) is 5.33.